The molecule has 0 spiro atoms. The largest absolute Gasteiger partial charge is 0.492 e. The number of carbonyl (C=O) groups excluding carboxylic acids is 1. The predicted octanol–water partition coefficient (Wildman–Crippen LogP) is 2.45. The lowest BCUT2D eigenvalue weighted by Gasteiger charge is -2.13. The number of aromatic nitrogens is 2. The minimum absolute atomic E-state index is 0.135. The molecule has 1 aliphatic rings. The number of hydrogen-bond donors (Lipinski definition) is 1. The molecule has 1 unspecified atom stereocenters. The topological polar surface area (TPSA) is 73.3 Å². The molecule has 1 aromatic carbocycles. The van der Waals surface area contributed by atoms with E-state index in [1.807, 2.05) is 19.9 Å². The van der Waals surface area contributed by atoms with E-state index < -0.39 is 0 Å². The van der Waals surface area contributed by atoms with Gasteiger partial charge in [0.25, 0.3) is 5.91 Å². The standard InChI is InChI=1S/C16H17N3O3/c1-3-21-15-7-11-6-10(2)22-14(11)8-12(15)19-16(20)13-9-17-4-5-18-13/h4-5,7-10H,3,6H2,1-2H3,(H,19,20). The monoisotopic (exact) mass is 299 g/mol. The number of rotatable bonds is 4. The predicted molar refractivity (Wildman–Crippen MR) is 81.4 cm³/mol. The number of hydrogen-bond acceptors (Lipinski definition) is 5. The second kappa shape index (κ2) is 6.01. The summed E-state index contributed by atoms with van der Waals surface area (Å²) in [5, 5.41) is 2.81. The van der Waals surface area contributed by atoms with E-state index in [1.165, 1.54) is 18.6 Å². The Hall–Kier alpha value is -2.63. The Morgan fingerprint density at radius 1 is 1.45 bits per heavy atom. The van der Waals surface area contributed by atoms with Crippen LogP contribution in [0.1, 0.15) is 29.9 Å². The maximum absolute atomic E-state index is 12.2. The fourth-order valence-electron chi connectivity index (χ4n) is 2.41. The van der Waals surface area contributed by atoms with E-state index in [9.17, 15) is 4.79 Å². The van der Waals surface area contributed by atoms with Crippen molar-refractivity contribution >= 4 is 11.6 Å². The van der Waals surface area contributed by atoms with Crippen molar-refractivity contribution in [2.75, 3.05) is 11.9 Å². The molecule has 2 aromatic rings. The molecule has 1 aromatic heterocycles. The summed E-state index contributed by atoms with van der Waals surface area (Å²) in [6.07, 6.45) is 5.39. The molecule has 6 nitrogen and oxygen atoms in total. The van der Waals surface area contributed by atoms with Crippen LogP contribution in [0.5, 0.6) is 11.5 Å². The summed E-state index contributed by atoms with van der Waals surface area (Å²) >= 11 is 0. The maximum atomic E-state index is 12.2. The van der Waals surface area contributed by atoms with Gasteiger partial charge in [-0.25, -0.2) is 4.98 Å². The molecule has 0 radical (unpaired) electrons. The molecule has 22 heavy (non-hydrogen) atoms. The highest BCUT2D eigenvalue weighted by Crippen LogP contribution is 2.38. The third kappa shape index (κ3) is 2.86. The molecule has 1 N–H and O–H groups in total. The van der Waals surface area contributed by atoms with Crippen LogP contribution >= 0.6 is 0 Å². The number of anilines is 1. The molecule has 0 fully saturated rings. The normalized spacial score (nSPS) is 15.8. The van der Waals surface area contributed by atoms with Crippen molar-refractivity contribution in [3.63, 3.8) is 0 Å². The number of carbonyl (C=O) groups is 1. The zero-order valence-electron chi connectivity index (χ0n) is 12.5. The van der Waals surface area contributed by atoms with Gasteiger partial charge in [0.1, 0.15) is 23.3 Å². The van der Waals surface area contributed by atoms with E-state index in [1.54, 1.807) is 6.07 Å². The molecule has 1 aliphatic heterocycles. The minimum Gasteiger partial charge on any atom is -0.492 e. The van der Waals surface area contributed by atoms with Crippen molar-refractivity contribution in [1.29, 1.82) is 0 Å². The van der Waals surface area contributed by atoms with Gasteiger partial charge in [0, 0.05) is 30.4 Å². The summed E-state index contributed by atoms with van der Waals surface area (Å²) < 4.78 is 11.4. The summed E-state index contributed by atoms with van der Waals surface area (Å²) in [4.78, 5) is 20.1. The average molecular weight is 299 g/mol. The van der Waals surface area contributed by atoms with Gasteiger partial charge in [-0.2, -0.15) is 0 Å². The van der Waals surface area contributed by atoms with Crippen molar-refractivity contribution in [3.8, 4) is 11.5 Å². The first-order chi connectivity index (χ1) is 10.7. The number of amides is 1. The molecule has 0 saturated heterocycles. The summed E-state index contributed by atoms with van der Waals surface area (Å²) in [6.45, 7) is 4.43. The van der Waals surface area contributed by atoms with Crippen molar-refractivity contribution in [2.45, 2.75) is 26.4 Å². The third-order valence-corrected chi connectivity index (χ3v) is 3.34. The van der Waals surface area contributed by atoms with E-state index in [4.69, 9.17) is 9.47 Å². The van der Waals surface area contributed by atoms with Gasteiger partial charge in [-0.15, -0.1) is 0 Å². The van der Waals surface area contributed by atoms with Gasteiger partial charge >= 0.3 is 0 Å². The summed E-state index contributed by atoms with van der Waals surface area (Å²) in [5.41, 5.74) is 1.92. The second-order valence-electron chi connectivity index (χ2n) is 5.07. The Balaban J connectivity index is 1.89. The second-order valence-corrected chi connectivity index (χ2v) is 5.07. The number of fused-ring (bicyclic) bond motifs is 1. The molecule has 6 heteroatoms. The summed E-state index contributed by atoms with van der Waals surface area (Å²) in [5.74, 6) is 1.08. The quantitative estimate of drug-likeness (QED) is 0.938. The van der Waals surface area contributed by atoms with Crippen LogP contribution in [0.15, 0.2) is 30.7 Å². The van der Waals surface area contributed by atoms with Gasteiger partial charge in [-0.05, 0) is 19.9 Å². The van der Waals surface area contributed by atoms with Crippen molar-refractivity contribution < 1.29 is 14.3 Å². The SMILES string of the molecule is CCOc1cc2c(cc1NC(=O)c1cnccn1)OC(C)C2. The Bertz CT molecular complexity index is 689. The molecule has 1 amide bonds. The van der Waals surface area contributed by atoms with Crippen molar-refractivity contribution in [1.82, 2.24) is 9.97 Å². The van der Waals surface area contributed by atoms with Crippen LogP contribution in [0.2, 0.25) is 0 Å². The maximum Gasteiger partial charge on any atom is 0.275 e. The van der Waals surface area contributed by atoms with Crippen molar-refractivity contribution in [2.24, 2.45) is 0 Å². The Kier molecular flexibility index (Phi) is 3.91. The number of benzene rings is 1. The Morgan fingerprint density at radius 3 is 3.05 bits per heavy atom. The van der Waals surface area contributed by atoms with Crippen LogP contribution < -0.4 is 14.8 Å². The molecule has 0 aliphatic carbocycles. The molecule has 0 saturated carbocycles. The molecule has 114 valence electrons. The molecule has 3 rings (SSSR count). The highest BCUT2D eigenvalue weighted by Gasteiger charge is 2.23. The lowest BCUT2D eigenvalue weighted by Crippen LogP contribution is -2.14. The minimum atomic E-state index is -0.333. The average Bonchev–Trinajstić information content (AvgIpc) is 2.87. The van der Waals surface area contributed by atoms with Crippen LogP contribution in [-0.2, 0) is 6.42 Å². The van der Waals surface area contributed by atoms with Crippen LogP contribution in [0.4, 0.5) is 5.69 Å². The van der Waals surface area contributed by atoms with Gasteiger partial charge in [0.05, 0.1) is 18.5 Å². The van der Waals surface area contributed by atoms with Gasteiger partial charge < -0.3 is 14.8 Å². The highest BCUT2D eigenvalue weighted by atomic mass is 16.5. The van der Waals surface area contributed by atoms with E-state index >= 15 is 0 Å². The van der Waals surface area contributed by atoms with E-state index in [-0.39, 0.29) is 17.7 Å². The highest BCUT2D eigenvalue weighted by molar-refractivity contribution is 6.03. The Labute approximate surface area is 128 Å². The zero-order valence-corrected chi connectivity index (χ0v) is 12.5. The van der Waals surface area contributed by atoms with Gasteiger partial charge in [0.15, 0.2) is 0 Å². The van der Waals surface area contributed by atoms with Gasteiger partial charge in [-0.3, -0.25) is 9.78 Å². The van der Waals surface area contributed by atoms with Crippen LogP contribution in [0, 0.1) is 0 Å². The van der Waals surface area contributed by atoms with Crippen LogP contribution in [0.25, 0.3) is 0 Å². The smallest absolute Gasteiger partial charge is 0.275 e. The van der Waals surface area contributed by atoms with Crippen LogP contribution in [0.3, 0.4) is 0 Å². The Morgan fingerprint density at radius 2 is 2.32 bits per heavy atom. The first-order valence-corrected chi connectivity index (χ1v) is 7.21. The van der Waals surface area contributed by atoms with Crippen LogP contribution in [-0.4, -0.2) is 28.6 Å². The van der Waals surface area contributed by atoms with Gasteiger partial charge in [0.2, 0.25) is 0 Å². The van der Waals surface area contributed by atoms with Gasteiger partial charge in [-0.1, -0.05) is 0 Å². The molecule has 1 atom stereocenters. The molecule has 0 bridgehead atoms. The molecular weight excluding hydrogens is 282 g/mol. The van der Waals surface area contributed by atoms with E-state index in [2.05, 4.69) is 15.3 Å². The number of nitrogens with one attached hydrogen (secondary N) is 1. The zero-order chi connectivity index (χ0) is 15.5. The first kappa shape index (κ1) is 14.3. The summed E-state index contributed by atoms with van der Waals surface area (Å²) in [7, 11) is 0. The first-order valence-electron chi connectivity index (χ1n) is 7.21. The molecular formula is C16H17N3O3. The number of nitrogens with zero attached hydrogens (tertiary/aromatic N) is 2. The fraction of sp³-hybridized carbons (Fsp3) is 0.312. The van der Waals surface area contributed by atoms with E-state index in [0.717, 1.165) is 17.7 Å². The molecule has 2 heterocycles. The lowest BCUT2D eigenvalue weighted by molar-refractivity contribution is 0.102. The van der Waals surface area contributed by atoms with Crippen molar-refractivity contribution in [3.05, 3.63) is 42.0 Å². The third-order valence-electron chi connectivity index (χ3n) is 3.34. The summed E-state index contributed by atoms with van der Waals surface area (Å²) in [6, 6.07) is 3.73. The van der Waals surface area contributed by atoms with E-state index in [0.29, 0.717) is 18.0 Å². The number of ether oxygens (including phenoxy) is 2. The fourth-order valence-corrected chi connectivity index (χ4v) is 2.41. The lowest BCUT2D eigenvalue weighted by atomic mass is 10.1.